The van der Waals surface area contributed by atoms with Crippen molar-refractivity contribution in [3.63, 3.8) is 0 Å². The third kappa shape index (κ3) is 2.98. The molecule has 0 radical (unpaired) electrons. The molecule has 0 aromatic rings. The van der Waals surface area contributed by atoms with Gasteiger partial charge >= 0.3 is 29.6 Å². The second kappa shape index (κ2) is 5.75. The van der Waals surface area contributed by atoms with E-state index in [0.29, 0.717) is 0 Å². The van der Waals surface area contributed by atoms with Crippen LogP contribution in [0, 0.1) is 0 Å². The molecule has 5 atom stereocenters. The van der Waals surface area contributed by atoms with Gasteiger partial charge in [-0.15, -0.1) is 0 Å². The summed E-state index contributed by atoms with van der Waals surface area (Å²) in [5.74, 6) is 0. The monoisotopic (exact) mass is 282 g/mol. The van der Waals surface area contributed by atoms with Crippen LogP contribution in [-0.2, 0) is 14.9 Å². The summed E-state index contributed by atoms with van der Waals surface area (Å²) in [5.41, 5.74) is 0. The standard InChI is InChI=1S/C6H12O9S.Na/c7-1-2-3(8)4(9)5(10)6(11,15-2)16(12,13)14;/h2-5,7-11H,1H2,(H,12,13,14);/q;+1/p-1/t2-,3-,4+,5-,6+;/m1./s1. The smallest absolute Gasteiger partial charge is 0.744 e. The summed E-state index contributed by atoms with van der Waals surface area (Å²) in [6, 6.07) is 0. The van der Waals surface area contributed by atoms with Gasteiger partial charge in [0, 0.05) is 0 Å². The van der Waals surface area contributed by atoms with Gasteiger partial charge in [0.25, 0.3) is 5.12 Å². The van der Waals surface area contributed by atoms with Crippen LogP contribution in [0.3, 0.4) is 0 Å². The molecule has 0 unspecified atom stereocenters. The molecule has 1 aliphatic rings. The van der Waals surface area contributed by atoms with Crippen LogP contribution < -0.4 is 29.6 Å². The molecule has 0 aliphatic carbocycles. The normalized spacial score (nSPS) is 42.9. The third-order valence-electron chi connectivity index (χ3n) is 2.29. The Morgan fingerprint density at radius 2 is 1.71 bits per heavy atom. The third-order valence-corrected chi connectivity index (χ3v) is 3.34. The summed E-state index contributed by atoms with van der Waals surface area (Å²) >= 11 is 0. The van der Waals surface area contributed by atoms with Crippen molar-refractivity contribution in [2.45, 2.75) is 29.5 Å². The molecular formula is C6H11NaO9S. The van der Waals surface area contributed by atoms with E-state index in [0.717, 1.165) is 0 Å². The minimum atomic E-state index is -5.52. The van der Waals surface area contributed by atoms with E-state index in [1.807, 2.05) is 0 Å². The van der Waals surface area contributed by atoms with Gasteiger partial charge in [0.2, 0.25) is 0 Å². The van der Waals surface area contributed by atoms with Gasteiger partial charge in [0.15, 0.2) is 16.2 Å². The molecule has 1 aliphatic heterocycles. The van der Waals surface area contributed by atoms with Crippen molar-refractivity contribution in [3.05, 3.63) is 0 Å². The van der Waals surface area contributed by atoms with Crippen LogP contribution in [0.25, 0.3) is 0 Å². The van der Waals surface area contributed by atoms with Gasteiger partial charge in [0.1, 0.15) is 18.3 Å². The average Bonchev–Trinajstić information content (AvgIpc) is 2.19. The predicted octanol–water partition coefficient (Wildman–Crippen LogP) is -7.34. The fourth-order valence-electron chi connectivity index (χ4n) is 1.33. The van der Waals surface area contributed by atoms with Gasteiger partial charge in [-0.2, -0.15) is 0 Å². The summed E-state index contributed by atoms with van der Waals surface area (Å²) in [6.45, 7) is -0.956. The predicted molar refractivity (Wildman–Crippen MR) is 44.6 cm³/mol. The van der Waals surface area contributed by atoms with E-state index in [1.165, 1.54) is 0 Å². The van der Waals surface area contributed by atoms with Crippen molar-refractivity contribution < 1.29 is 72.8 Å². The Kier molecular flexibility index (Phi) is 5.98. The Labute approximate surface area is 119 Å². The molecule has 5 N–H and O–H groups in total. The van der Waals surface area contributed by atoms with Crippen molar-refractivity contribution in [2.75, 3.05) is 6.61 Å². The molecule has 0 aromatic carbocycles. The summed E-state index contributed by atoms with van der Waals surface area (Å²) in [4.78, 5) is 0. The first-order valence-electron chi connectivity index (χ1n) is 4.16. The fraction of sp³-hybridized carbons (Fsp3) is 1.00. The van der Waals surface area contributed by atoms with E-state index >= 15 is 0 Å². The number of ether oxygens (including phenoxy) is 1. The van der Waals surface area contributed by atoms with Crippen LogP contribution in [0.4, 0.5) is 0 Å². The van der Waals surface area contributed by atoms with Crippen LogP contribution in [0.5, 0.6) is 0 Å². The van der Waals surface area contributed by atoms with Gasteiger partial charge in [-0.25, -0.2) is 8.42 Å². The number of hydrogen-bond acceptors (Lipinski definition) is 9. The first-order valence-corrected chi connectivity index (χ1v) is 5.56. The van der Waals surface area contributed by atoms with Crippen LogP contribution in [0.2, 0.25) is 0 Å². The van der Waals surface area contributed by atoms with E-state index in [1.54, 1.807) is 0 Å². The van der Waals surface area contributed by atoms with Crippen LogP contribution in [0.1, 0.15) is 0 Å². The first-order chi connectivity index (χ1) is 7.15. The number of hydrogen-bond donors (Lipinski definition) is 5. The Hall–Kier alpha value is 0.670. The molecule has 0 amide bonds. The van der Waals surface area contributed by atoms with Crippen LogP contribution >= 0.6 is 0 Å². The minimum absolute atomic E-state index is 0. The van der Waals surface area contributed by atoms with Gasteiger partial charge < -0.3 is 34.8 Å². The number of aliphatic hydroxyl groups is 5. The zero-order chi connectivity index (χ0) is 12.7. The molecule has 1 saturated heterocycles. The summed E-state index contributed by atoms with van der Waals surface area (Å²) < 4.78 is 36.2. The fourth-order valence-corrected chi connectivity index (χ4v) is 2.01. The molecule has 0 saturated carbocycles. The topological polar surface area (TPSA) is 168 Å². The average molecular weight is 282 g/mol. The zero-order valence-electron chi connectivity index (χ0n) is 8.79. The summed E-state index contributed by atoms with van der Waals surface area (Å²) in [7, 11) is -5.52. The van der Waals surface area contributed by atoms with Gasteiger partial charge in [0.05, 0.1) is 6.61 Å². The van der Waals surface area contributed by atoms with Crippen LogP contribution in [-0.4, -0.2) is 74.6 Å². The zero-order valence-corrected chi connectivity index (χ0v) is 11.6. The maximum absolute atomic E-state index is 10.7. The van der Waals surface area contributed by atoms with E-state index in [4.69, 9.17) is 5.11 Å². The molecule has 1 rings (SSSR count). The maximum Gasteiger partial charge on any atom is 1.00 e. The summed E-state index contributed by atoms with van der Waals surface area (Å²) in [6.07, 6.45) is -8.21. The Balaban J connectivity index is 0.00000256. The second-order valence-corrected chi connectivity index (χ2v) is 4.84. The molecular weight excluding hydrogens is 271 g/mol. The van der Waals surface area contributed by atoms with E-state index in [9.17, 15) is 33.4 Å². The maximum atomic E-state index is 10.7. The quantitative estimate of drug-likeness (QED) is 0.244. The van der Waals surface area contributed by atoms with Crippen LogP contribution in [0.15, 0.2) is 0 Å². The van der Waals surface area contributed by atoms with Crippen molar-refractivity contribution >= 4 is 10.1 Å². The van der Waals surface area contributed by atoms with Crippen molar-refractivity contribution in [1.82, 2.24) is 0 Å². The molecule has 17 heavy (non-hydrogen) atoms. The SMILES string of the molecule is O=S(=O)([O-])[C@@]1(O)O[C@H](CO)[C@@H](O)[C@H](O)[C@H]1O.[Na+]. The molecule has 0 bridgehead atoms. The Bertz CT molecular complexity index is 356. The van der Waals surface area contributed by atoms with Gasteiger partial charge in [-0.1, -0.05) is 0 Å². The molecule has 9 nitrogen and oxygen atoms in total. The van der Waals surface area contributed by atoms with Gasteiger partial charge in [-0.3, -0.25) is 0 Å². The minimum Gasteiger partial charge on any atom is -0.744 e. The second-order valence-electron chi connectivity index (χ2n) is 3.35. The molecule has 1 heterocycles. The number of rotatable bonds is 2. The molecule has 0 spiro atoms. The van der Waals surface area contributed by atoms with Gasteiger partial charge in [-0.05, 0) is 0 Å². The summed E-state index contributed by atoms with van der Waals surface area (Å²) in [5, 5.41) is 42.0. The van der Waals surface area contributed by atoms with Crippen molar-refractivity contribution in [1.29, 1.82) is 0 Å². The van der Waals surface area contributed by atoms with E-state index in [2.05, 4.69) is 4.74 Å². The Morgan fingerprint density at radius 3 is 2.06 bits per heavy atom. The first kappa shape index (κ1) is 17.7. The van der Waals surface area contributed by atoms with E-state index < -0.39 is 46.3 Å². The molecule has 96 valence electrons. The number of aliphatic hydroxyl groups excluding tert-OH is 4. The largest absolute Gasteiger partial charge is 1.00 e. The van der Waals surface area contributed by atoms with E-state index in [-0.39, 0.29) is 29.6 Å². The molecule has 0 aromatic heterocycles. The molecule has 1 fully saturated rings. The van der Waals surface area contributed by atoms with Crippen molar-refractivity contribution in [3.8, 4) is 0 Å². The van der Waals surface area contributed by atoms with Crippen molar-refractivity contribution in [2.24, 2.45) is 0 Å². The Morgan fingerprint density at radius 1 is 1.24 bits per heavy atom. The molecule has 11 heteroatoms.